The van der Waals surface area contributed by atoms with Crippen molar-refractivity contribution in [1.29, 1.82) is 0 Å². The van der Waals surface area contributed by atoms with E-state index in [1.807, 2.05) is 52.1 Å². The summed E-state index contributed by atoms with van der Waals surface area (Å²) in [5, 5.41) is 15.2. The second-order valence-electron chi connectivity index (χ2n) is 9.60. The summed E-state index contributed by atoms with van der Waals surface area (Å²) >= 11 is 0. The van der Waals surface area contributed by atoms with Crippen LogP contribution < -0.4 is 15.0 Å². The first-order valence-corrected chi connectivity index (χ1v) is 10.6. The molecule has 6 nitrogen and oxygen atoms in total. The molecule has 1 aromatic carbocycles. The summed E-state index contributed by atoms with van der Waals surface area (Å²) in [6, 6.07) is 7.77. The van der Waals surface area contributed by atoms with Gasteiger partial charge >= 0.3 is 5.97 Å². The van der Waals surface area contributed by atoms with Crippen LogP contribution in [0.1, 0.15) is 58.4 Å². The number of quaternary nitrogens is 1. The smallest absolute Gasteiger partial charge is 0.314 e. The van der Waals surface area contributed by atoms with Gasteiger partial charge in [0.25, 0.3) is 0 Å². The number of esters is 1. The summed E-state index contributed by atoms with van der Waals surface area (Å²) in [7, 11) is 6.16. The largest absolute Gasteiger partial charge is 0.457 e. The van der Waals surface area contributed by atoms with Crippen molar-refractivity contribution in [2.24, 2.45) is 5.41 Å². The minimum atomic E-state index is -0.790. The molecule has 0 radical (unpaired) electrons. The number of aliphatic hydroxyl groups is 1. The van der Waals surface area contributed by atoms with Crippen LogP contribution in [0.3, 0.4) is 0 Å². The number of hydrogen-bond donors (Lipinski definition) is 3. The van der Waals surface area contributed by atoms with E-state index >= 15 is 0 Å². The van der Waals surface area contributed by atoms with Crippen LogP contribution >= 0.6 is 0 Å². The van der Waals surface area contributed by atoms with Crippen molar-refractivity contribution in [3.8, 4) is 5.75 Å². The van der Waals surface area contributed by atoms with E-state index in [0.717, 1.165) is 37.8 Å². The van der Waals surface area contributed by atoms with Crippen LogP contribution in [-0.4, -0.2) is 51.2 Å². The lowest BCUT2D eigenvalue weighted by atomic mass is 9.67. The molecule has 3 N–H and O–H groups in total. The molecule has 0 aromatic heterocycles. The molecule has 0 aliphatic heterocycles. The highest BCUT2D eigenvalue weighted by Crippen LogP contribution is 2.42. The molecule has 29 heavy (non-hydrogen) atoms. The maximum Gasteiger partial charge on any atom is 0.314 e. The van der Waals surface area contributed by atoms with E-state index in [2.05, 4.69) is 19.4 Å². The van der Waals surface area contributed by atoms with Crippen molar-refractivity contribution >= 4 is 5.97 Å². The maximum atomic E-state index is 11.9. The number of carbonyl (C=O) groups is 1. The molecule has 0 spiro atoms. The van der Waals surface area contributed by atoms with Gasteiger partial charge in [0, 0.05) is 0 Å². The Morgan fingerprint density at radius 2 is 1.72 bits per heavy atom. The molecule has 6 heteroatoms. The van der Waals surface area contributed by atoms with Crippen LogP contribution in [0.15, 0.2) is 24.3 Å². The molecular weight excluding hydrogens is 368 g/mol. The van der Waals surface area contributed by atoms with Crippen molar-refractivity contribution in [3.05, 3.63) is 29.8 Å². The first kappa shape index (κ1) is 23.6. The molecule has 164 valence electrons. The average molecular weight is 408 g/mol. The molecule has 1 aliphatic rings. The van der Waals surface area contributed by atoms with Crippen molar-refractivity contribution in [1.82, 2.24) is 5.32 Å². The lowest BCUT2D eigenvalue weighted by molar-refractivity contribution is -0.865. The van der Waals surface area contributed by atoms with Gasteiger partial charge in [0.2, 0.25) is 6.79 Å². The molecule has 0 amide bonds. The Kier molecular flexibility index (Phi) is 7.71. The highest BCUT2D eigenvalue weighted by molar-refractivity contribution is 5.75. The zero-order chi connectivity index (χ0) is 21.7. The fourth-order valence-corrected chi connectivity index (χ4v) is 4.30. The SMILES string of the molecule is CNC(C[NH+](C)C)(c1ccc(OCOC(=O)C(C)(C)C)cc1)C1(O)CCCCC1. The minimum absolute atomic E-state index is 0.113. The quantitative estimate of drug-likeness (QED) is 0.453. The van der Waals surface area contributed by atoms with Gasteiger partial charge in [-0.15, -0.1) is 0 Å². The van der Waals surface area contributed by atoms with Gasteiger partial charge in [-0.2, -0.15) is 0 Å². The molecule has 1 atom stereocenters. The Bertz CT molecular complexity index is 660. The first-order valence-electron chi connectivity index (χ1n) is 10.6. The number of benzene rings is 1. The number of rotatable bonds is 8. The van der Waals surface area contributed by atoms with Gasteiger partial charge in [0.05, 0.1) is 25.1 Å². The van der Waals surface area contributed by atoms with Gasteiger partial charge in [-0.3, -0.25) is 4.79 Å². The first-order chi connectivity index (χ1) is 13.5. The van der Waals surface area contributed by atoms with Crippen LogP contribution in [0.25, 0.3) is 0 Å². The van der Waals surface area contributed by atoms with Gasteiger partial charge in [0.1, 0.15) is 17.8 Å². The third-order valence-corrected chi connectivity index (χ3v) is 5.90. The molecule has 1 fully saturated rings. The van der Waals surface area contributed by atoms with Gasteiger partial charge in [-0.1, -0.05) is 31.4 Å². The Morgan fingerprint density at radius 3 is 2.21 bits per heavy atom. The second-order valence-corrected chi connectivity index (χ2v) is 9.60. The number of carbonyl (C=O) groups excluding carboxylic acids is 1. The van der Waals surface area contributed by atoms with Gasteiger partial charge < -0.3 is 24.8 Å². The van der Waals surface area contributed by atoms with E-state index in [1.165, 1.54) is 11.3 Å². The lowest BCUT2D eigenvalue weighted by Crippen LogP contribution is -3.09. The molecule has 2 rings (SSSR count). The minimum Gasteiger partial charge on any atom is -0.457 e. The van der Waals surface area contributed by atoms with Crippen molar-refractivity contribution < 1.29 is 24.3 Å². The van der Waals surface area contributed by atoms with E-state index in [4.69, 9.17) is 9.47 Å². The van der Waals surface area contributed by atoms with E-state index < -0.39 is 16.6 Å². The van der Waals surface area contributed by atoms with Gasteiger partial charge in [-0.25, -0.2) is 0 Å². The fraction of sp³-hybridized carbons (Fsp3) is 0.696. The normalized spacial score (nSPS) is 18.9. The van der Waals surface area contributed by atoms with E-state index in [1.54, 1.807) is 0 Å². The maximum absolute atomic E-state index is 11.9. The molecule has 0 bridgehead atoms. The molecule has 1 unspecified atom stereocenters. The van der Waals surface area contributed by atoms with E-state index in [9.17, 15) is 9.90 Å². The van der Waals surface area contributed by atoms with Gasteiger partial charge in [0.15, 0.2) is 0 Å². The Hall–Kier alpha value is -1.63. The topological polar surface area (TPSA) is 72.2 Å². The zero-order valence-electron chi connectivity index (χ0n) is 18.9. The molecule has 0 heterocycles. The van der Waals surface area contributed by atoms with E-state index in [0.29, 0.717) is 5.75 Å². The van der Waals surface area contributed by atoms with Crippen LogP contribution in [0, 0.1) is 5.41 Å². The standard InChI is InChI=1S/C23H38N2O4/c1-21(2,3)20(26)29-17-28-19-12-10-18(11-13-19)23(24-4,16-25(5)6)22(27)14-8-7-9-15-22/h10-13,24,27H,7-9,14-17H2,1-6H3/p+1. The Labute approximate surface area is 175 Å². The number of likely N-dealkylation sites (N-methyl/N-ethyl adjacent to an activating group) is 2. The molecule has 0 saturated heterocycles. The van der Waals surface area contributed by atoms with Crippen LogP contribution in [-0.2, 0) is 15.1 Å². The molecular formula is C23H39N2O4+. The van der Waals surface area contributed by atoms with Crippen LogP contribution in [0.4, 0.5) is 0 Å². The summed E-state index contributed by atoms with van der Waals surface area (Å²) in [5.74, 6) is 0.338. The fourth-order valence-electron chi connectivity index (χ4n) is 4.30. The Morgan fingerprint density at radius 1 is 1.14 bits per heavy atom. The van der Waals surface area contributed by atoms with E-state index in [-0.39, 0.29) is 12.8 Å². The summed E-state index contributed by atoms with van der Waals surface area (Å²) in [5.41, 5.74) is -0.834. The molecule has 1 aliphatic carbocycles. The Balaban J connectivity index is 2.19. The predicted octanol–water partition coefficient (Wildman–Crippen LogP) is 1.87. The lowest BCUT2D eigenvalue weighted by Gasteiger charge is -2.49. The number of ether oxygens (including phenoxy) is 2. The predicted molar refractivity (Wildman–Crippen MR) is 114 cm³/mol. The molecule has 1 saturated carbocycles. The zero-order valence-corrected chi connectivity index (χ0v) is 18.9. The molecule has 1 aromatic rings. The summed E-state index contributed by atoms with van der Waals surface area (Å²) in [4.78, 5) is 13.1. The van der Waals surface area contributed by atoms with Gasteiger partial charge in [-0.05, 0) is 58.4 Å². The monoisotopic (exact) mass is 407 g/mol. The summed E-state index contributed by atoms with van der Waals surface area (Å²) < 4.78 is 10.8. The second kappa shape index (κ2) is 9.45. The van der Waals surface area contributed by atoms with Crippen molar-refractivity contribution in [2.45, 2.75) is 64.0 Å². The number of hydrogen-bond acceptors (Lipinski definition) is 5. The third kappa shape index (κ3) is 5.50. The third-order valence-electron chi connectivity index (χ3n) is 5.90. The summed E-state index contributed by atoms with van der Waals surface area (Å²) in [6.07, 6.45) is 4.85. The van der Waals surface area contributed by atoms with Crippen LogP contribution in [0.5, 0.6) is 5.75 Å². The summed E-state index contributed by atoms with van der Waals surface area (Å²) in [6.45, 7) is 6.08. The highest BCUT2D eigenvalue weighted by Gasteiger charge is 2.52. The van der Waals surface area contributed by atoms with Crippen molar-refractivity contribution in [3.63, 3.8) is 0 Å². The number of nitrogens with one attached hydrogen (secondary N) is 2. The average Bonchev–Trinajstić information content (AvgIpc) is 2.66. The van der Waals surface area contributed by atoms with Crippen molar-refractivity contribution in [2.75, 3.05) is 34.5 Å². The van der Waals surface area contributed by atoms with Crippen LogP contribution in [0.2, 0.25) is 0 Å². The highest BCUT2D eigenvalue weighted by atomic mass is 16.7.